The van der Waals surface area contributed by atoms with E-state index < -0.39 is 11.9 Å². The largest absolute Gasteiger partial charge is 0.459 e. The number of imidazole rings is 1. The van der Waals surface area contributed by atoms with Crippen LogP contribution in [0.2, 0.25) is 0 Å². The summed E-state index contributed by atoms with van der Waals surface area (Å²) in [4.78, 5) is 30.5. The highest BCUT2D eigenvalue weighted by molar-refractivity contribution is 7.15. The third-order valence-corrected chi connectivity index (χ3v) is 5.29. The molecule has 0 aliphatic heterocycles. The Morgan fingerprint density at radius 3 is 2.62 bits per heavy atom. The van der Waals surface area contributed by atoms with Crippen molar-refractivity contribution in [2.45, 2.75) is 19.9 Å². The summed E-state index contributed by atoms with van der Waals surface area (Å²) in [5.74, 6) is -0.617. The number of carbonyl (C=O) groups excluding carboxylic acids is 2. The molecule has 0 unspecified atom stereocenters. The number of aromatic nitrogens is 2. The summed E-state index contributed by atoms with van der Waals surface area (Å²) in [7, 11) is 0. The number of amides is 2. The second kappa shape index (κ2) is 7.92. The SMILES string of the molecule is CC(C)[C@@H](NC(=O)c1ccco1)C(=O)Nc1ccc(-c2cn3ccsc3n2)cc1. The predicted octanol–water partition coefficient (Wildman–Crippen LogP) is 4.05. The van der Waals surface area contributed by atoms with Gasteiger partial charge in [0.15, 0.2) is 10.7 Å². The van der Waals surface area contributed by atoms with Gasteiger partial charge in [0.2, 0.25) is 5.91 Å². The number of anilines is 1. The highest BCUT2D eigenvalue weighted by Crippen LogP contribution is 2.23. The smallest absolute Gasteiger partial charge is 0.287 e. The van der Waals surface area contributed by atoms with Crippen LogP contribution < -0.4 is 10.6 Å². The average molecular weight is 408 g/mol. The predicted molar refractivity (Wildman–Crippen MR) is 112 cm³/mol. The van der Waals surface area contributed by atoms with Gasteiger partial charge in [0.05, 0.1) is 12.0 Å². The molecule has 3 aromatic heterocycles. The van der Waals surface area contributed by atoms with Crippen molar-refractivity contribution in [3.8, 4) is 11.3 Å². The zero-order chi connectivity index (χ0) is 20.4. The summed E-state index contributed by atoms with van der Waals surface area (Å²) in [6, 6.07) is 9.97. The molecule has 8 heteroatoms. The molecule has 4 rings (SSSR count). The first-order valence-electron chi connectivity index (χ1n) is 9.19. The van der Waals surface area contributed by atoms with Gasteiger partial charge in [-0.1, -0.05) is 26.0 Å². The molecule has 148 valence electrons. The van der Waals surface area contributed by atoms with Crippen LogP contribution in [0.25, 0.3) is 16.2 Å². The lowest BCUT2D eigenvalue weighted by Gasteiger charge is -2.21. The molecule has 0 bridgehead atoms. The van der Waals surface area contributed by atoms with Gasteiger partial charge in [-0.05, 0) is 30.2 Å². The van der Waals surface area contributed by atoms with E-state index in [1.807, 2.05) is 60.3 Å². The van der Waals surface area contributed by atoms with Crippen molar-refractivity contribution >= 4 is 33.8 Å². The maximum absolute atomic E-state index is 12.7. The van der Waals surface area contributed by atoms with E-state index in [0.717, 1.165) is 16.2 Å². The molecule has 3 heterocycles. The zero-order valence-corrected chi connectivity index (χ0v) is 16.8. The van der Waals surface area contributed by atoms with Crippen molar-refractivity contribution < 1.29 is 14.0 Å². The van der Waals surface area contributed by atoms with E-state index in [2.05, 4.69) is 15.6 Å². The van der Waals surface area contributed by atoms with Crippen molar-refractivity contribution in [3.05, 3.63) is 66.2 Å². The number of fused-ring (bicyclic) bond motifs is 1. The number of hydrogen-bond donors (Lipinski definition) is 2. The minimum atomic E-state index is -0.688. The molecule has 2 N–H and O–H groups in total. The highest BCUT2D eigenvalue weighted by atomic mass is 32.1. The lowest BCUT2D eigenvalue weighted by atomic mass is 10.0. The van der Waals surface area contributed by atoms with Gasteiger partial charge in [-0.3, -0.25) is 14.0 Å². The van der Waals surface area contributed by atoms with Crippen LogP contribution in [0.5, 0.6) is 0 Å². The first kappa shape index (κ1) is 18.9. The minimum absolute atomic E-state index is 0.0910. The molecule has 0 fully saturated rings. The van der Waals surface area contributed by atoms with Crippen LogP contribution in [0.4, 0.5) is 5.69 Å². The van der Waals surface area contributed by atoms with Gasteiger partial charge in [0, 0.05) is 29.0 Å². The molecule has 0 aliphatic rings. The Morgan fingerprint density at radius 1 is 1.17 bits per heavy atom. The fourth-order valence-corrected chi connectivity index (χ4v) is 3.67. The normalized spacial score (nSPS) is 12.2. The minimum Gasteiger partial charge on any atom is -0.459 e. The van der Waals surface area contributed by atoms with Crippen molar-refractivity contribution in [1.82, 2.24) is 14.7 Å². The molecule has 1 atom stereocenters. The van der Waals surface area contributed by atoms with Crippen LogP contribution in [0, 0.1) is 5.92 Å². The van der Waals surface area contributed by atoms with Crippen molar-refractivity contribution in [2.75, 3.05) is 5.32 Å². The van der Waals surface area contributed by atoms with Crippen molar-refractivity contribution in [2.24, 2.45) is 5.92 Å². The van der Waals surface area contributed by atoms with E-state index in [-0.39, 0.29) is 17.6 Å². The molecular formula is C21H20N4O3S. The molecule has 0 radical (unpaired) electrons. The first-order chi connectivity index (χ1) is 14.0. The van der Waals surface area contributed by atoms with Crippen molar-refractivity contribution in [1.29, 1.82) is 0 Å². The van der Waals surface area contributed by atoms with Gasteiger partial charge >= 0.3 is 0 Å². The van der Waals surface area contributed by atoms with E-state index in [9.17, 15) is 9.59 Å². The van der Waals surface area contributed by atoms with Crippen LogP contribution in [0.15, 0.2) is 64.9 Å². The Labute approximate surface area is 171 Å². The topological polar surface area (TPSA) is 88.6 Å². The first-order valence-corrected chi connectivity index (χ1v) is 10.1. The van der Waals surface area contributed by atoms with Gasteiger partial charge in [-0.25, -0.2) is 4.98 Å². The Bertz CT molecular complexity index is 1100. The molecule has 4 aromatic rings. The lowest BCUT2D eigenvalue weighted by molar-refractivity contribution is -0.118. The van der Waals surface area contributed by atoms with Crippen LogP contribution >= 0.6 is 11.3 Å². The quantitative estimate of drug-likeness (QED) is 0.504. The lowest BCUT2D eigenvalue weighted by Crippen LogP contribution is -2.47. The second-order valence-electron chi connectivity index (χ2n) is 6.96. The highest BCUT2D eigenvalue weighted by Gasteiger charge is 2.25. The van der Waals surface area contributed by atoms with Crippen LogP contribution in [-0.2, 0) is 4.79 Å². The molecular weight excluding hydrogens is 388 g/mol. The fraction of sp³-hybridized carbons (Fsp3) is 0.190. The third kappa shape index (κ3) is 4.07. The van der Waals surface area contributed by atoms with E-state index >= 15 is 0 Å². The zero-order valence-electron chi connectivity index (χ0n) is 16.0. The maximum atomic E-state index is 12.7. The average Bonchev–Trinajstić information content (AvgIpc) is 3.43. The van der Waals surface area contributed by atoms with Gasteiger partial charge < -0.3 is 15.1 Å². The second-order valence-corrected chi connectivity index (χ2v) is 7.83. The number of hydrogen-bond acceptors (Lipinski definition) is 5. The number of rotatable bonds is 6. The Kier molecular flexibility index (Phi) is 5.18. The van der Waals surface area contributed by atoms with Gasteiger partial charge in [-0.2, -0.15) is 0 Å². The molecule has 0 saturated carbocycles. The molecule has 7 nitrogen and oxygen atoms in total. The van der Waals surface area contributed by atoms with E-state index in [1.165, 1.54) is 6.26 Å². The Balaban J connectivity index is 1.44. The Morgan fingerprint density at radius 2 is 1.97 bits per heavy atom. The van der Waals surface area contributed by atoms with Gasteiger partial charge in [-0.15, -0.1) is 11.3 Å². The van der Waals surface area contributed by atoms with Gasteiger partial charge in [0.1, 0.15) is 6.04 Å². The molecule has 0 saturated heterocycles. The van der Waals surface area contributed by atoms with E-state index in [1.54, 1.807) is 23.5 Å². The number of furan rings is 1. The van der Waals surface area contributed by atoms with Crippen LogP contribution in [0.3, 0.4) is 0 Å². The summed E-state index contributed by atoms with van der Waals surface area (Å²) in [6.07, 6.45) is 5.36. The number of benzene rings is 1. The Hall–Kier alpha value is -3.39. The molecule has 1 aromatic carbocycles. The molecule has 0 aliphatic carbocycles. The van der Waals surface area contributed by atoms with Crippen molar-refractivity contribution in [3.63, 3.8) is 0 Å². The van der Waals surface area contributed by atoms with Crippen LogP contribution in [-0.4, -0.2) is 27.2 Å². The summed E-state index contributed by atoms with van der Waals surface area (Å²) in [5.41, 5.74) is 2.49. The number of nitrogens with zero attached hydrogens (tertiary/aromatic N) is 2. The van der Waals surface area contributed by atoms with Gasteiger partial charge in [0.25, 0.3) is 5.91 Å². The van der Waals surface area contributed by atoms with E-state index in [4.69, 9.17) is 4.42 Å². The summed E-state index contributed by atoms with van der Waals surface area (Å²) >= 11 is 1.58. The molecule has 0 spiro atoms. The number of nitrogens with one attached hydrogen (secondary N) is 2. The summed E-state index contributed by atoms with van der Waals surface area (Å²) < 4.78 is 7.07. The van der Waals surface area contributed by atoms with Crippen LogP contribution in [0.1, 0.15) is 24.4 Å². The number of thiazole rings is 1. The van der Waals surface area contributed by atoms with E-state index in [0.29, 0.717) is 5.69 Å². The summed E-state index contributed by atoms with van der Waals surface area (Å²) in [6.45, 7) is 3.75. The third-order valence-electron chi connectivity index (χ3n) is 4.52. The molecule has 2 amide bonds. The monoisotopic (exact) mass is 408 g/mol. The standard InChI is InChI=1S/C21H20N4O3S/c1-13(2)18(24-19(26)17-4-3-10-28-17)20(27)22-15-7-5-14(6-8-15)16-12-25-9-11-29-21(25)23-16/h3-13,18H,1-2H3,(H,22,27)(H,24,26)/t18-/m1/s1. The summed E-state index contributed by atoms with van der Waals surface area (Å²) in [5, 5.41) is 7.58. The number of carbonyl (C=O) groups is 2. The fourth-order valence-electron chi connectivity index (χ4n) is 2.97. The molecule has 29 heavy (non-hydrogen) atoms. The maximum Gasteiger partial charge on any atom is 0.287 e.